The zero-order chi connectivity index (χ0) is 15.4. The molecule has 4 nitrogen and oxygen atoms in total. The molecule has 0 amide bonds. The van der Waals surface area contributed by atoms with Gasteiger partial charge in [0.15, 0.2) is 0 Å². The van der Waals surface area contributed by atoms with Crippen molar-refractivity contribution in [2.45, 2.75) is 50.7 Å². The van der Waals surface area contributed by atoms with Gasteiger partial charge in [0.05, 0.1) is 17.8 Å². The van der Waals surface area contributed by atoms with Crippen LogP contribution in [0.4, 0.5) is 0 Å². The van der Waals surface area contributed by atoms with E-state index in [1.807, 2.05) is 12.1 Å². The van der Waals surface area contributed by atoms with Gasteiger partial charge in [0.1, 0.15) is 0 Å². The average molecular weight is 303 g/mol. The van der Waals surface area contributed by atoms with Crippen molar-refractivity contribution >= 4 is 5.97 Å². The fourth-order valence-corrected chi connectivity index (χ4v) is 3.74. The molecule has 0 unspecified atom stereocenters. The summed E-state index contributed by atoms with van der Waals surface area (Å²) < 4.78 is 6.19. The fourth-order valence-electron chi connectivity index (χ4n) is 3.74. The number of carboxylic acid groups (broad SMARTS) is 1. The van der Waals surface area contributed by atoms with Gasteiger partial charge in [-0.3, -0.25) is 4.90 Å². The highest BCUT2D eigenvalue weighted by molar-refractivity contribution is 5.87. The summed E-state index contributed by atoms with van der Waals surface area (Å²) >= 11 is 0. The second-order valence-electron chi connectivity index (χ2n) is 6.66. The summed E-state index contributed by atoms with van der Waals surface area (Å²) in [6.07, 6.45) is 7.59. The minimum Gasteiger partial charge on any atom is -0.478 e. The molecule has 22 heavy (non-hydrogen) atoms. The lowest BCUT2D eigenvalue weighted by molar-refractivity contribution is -0.119. The second kappa shape index (κ2) is 6.80. The van der Waals surface area contributed by atoms with Crippen molar-refractivity contribution in [2.24, 2.45) is 0 Å². The van der Waals surface area contributed by atoms with Gasteiger partial charge in [-0.2, -0.15) is 0 Å². The molecule has 0 radical (unpaired) electrons. The van der Waals surface area contributed by atoms with Gasteiger partial charge in [0, 0.05) is 19.6 Å². The Bertz CT molecular complexity index is 504. The number of benzene rings is 1. The van der Waals surface area contributed by atoms with Crippen LogP contribution in [0.15, 0.2) is 24.3 Å². The summed E-state index contributed by atoms with van der Waals surface area (Å²) in [5.41, 5.74) is 1.59. The number of hydrogen-bond acceptors (Lipinski definition) is 3. The molecular weight excluding hydrogens is 278 g/mol. The van der Waals surface area contributed by atoms with Crippen molar-refractivity contribution in [1.82, 2.24) is 4.90 Å². The van der Waals surface area contributed by atoms with Gasteiger partial charge < -0.3 is 9.84 Å². The number of morpholine rings is 1. The van der Waals surface area contributed by atoms with E-state index in [4.69, 9.17) is 9.84 Å². The molecule has 4 heteroatoms. The third kappa shape index (κ3) is 3.68. The summed E-state index contributed by atoms with van der Waals surface area (Å²) in [6, 6.07) is 7.25. The Kier molecular flexibility index (Phi) is 4.79. The molecule has 1 N–H and O–H groups in total. The van der Waals surface area contributed by atoms with E-state index in [0.717, 1.165) is 26.2 Å². The highest BCUT2D eigenvalue weighted by Crippen LogP contribution is 2.33. The maximum absolute atomic E-state index is 10.9. The molecule has 120 valence electrons. The molecule has 3 rings (SSSR count). The fraction of sp³-hybridized carbons (Fsp3) is 0.611. The predicted octanol–water partition coefficient (Wildman–Crippen LogP) is 3.31. The molecule has 1 aliphatic heterocycles. The maximum atomic E-state index is 10.9. The Morgan fingerprint density at radius 3 is 2.45 bits per heavy atom. The normalized spacial score (nSPS) is 22.4. The molecule has 0 bridgehead atoms. The first-order valence-corrected chi connectivity index (χ1v) is 8.35. The topological polar surface area (TPSA) is 49.8 Å². The van der Waals surface area contributed by atoms with Crippen LogP contribution in [0.3, 0.4) is 0 Å². The average Bonchev–Trinajstić information content (AvgIpc) is 2.73. The van der Waals surface area contributed by atoms with E-state index in [-0.39, 0.29) is 5.60 Å². The van der Waals surface area contributed by atoms with E-state index in [0.29, 0.717) is 5.56 Å². The number of hydrogen-bond donors (Lipinski definition) is 1. The van der Waals surface area contributed by atoms with E-state index >= 15 is 0 Å². The lowest BCUT2D eigenvalue weighted by atomic mass is 9.92. The van der Waals surface area contributed by atoms with Crippen LogP contribution in [-0.2, 0) is 11.3 Å². The minimum absolute atomic E-state index is 0.0652. The Morgan fingerprint density at radius 2 is 1.82 bits per heavy atom. The standard InChI is InChI=1S/C18H25NO3/c20-17(21)16-7-5-15(6-8-16)13-19-11-12-22-18(14-19)9-3-1-2-4-10-18/h5-8H,1-4,9-14H2,(H,20,21). The molecule has 1 saturated carbocycles. The number of carboxylic acids is 1. The molecule has 1 aromatic rings. The third-order valence-corrected chi connectivity index (χ3v) is 4.95. The number of aromatic carboxylic acids is 1. The molecule has 1 spiro atoms. The number of ether oxygens (including phenoxy) is 1. The smallest absolute Gasteiger partial charge is 0.335 e. The van der Waals surface area contributed by atoms with Crippen LogP contribution in [0.5, 0.6) is 0 Å². The Hall–Kier alpha value is -1.39. The second-order valence-corrected chi connectivity index (χ2v) is 6.66. The van der Waals surface area contributed by atoms with Gasteiger partial charge in [-0.1, -0.05) is 37.8 Å². The summed E-state index contributed by atoms with van der Waals surface area (Å²) in [5.74, 6) is -0.865. The largest absolute Gasteiger partial charge is 0.478 e. The Balaban J connectivity index is 1.63. The first kappa shape index (κ1) is 15.5. The molecule has 2 aliphatic rings. The molecular formula is C18H25NO3. The predicted molar refractivity (Wildman–Crippen MR) is 85.1 cm³/mol. The Morgan fingerprint density at radius 1 is 1.14 bits per heavy atom. The minimum atomic E-state index is -0.865. The summed E-state index contributed by atoms with van der Waals surface area (Å²) in [5, 5.41) is 8.96. The van der Waals surface area contributed by atoms with Crippen LogP contribution in [0.1, 0.15) is 54.4 Å². The van der Waals surface area contributed by atoms with Crippen LogP contribution in [0.2, 0.25) is 0 Å². The van der Waals surface area contributed by atoms with Crippen molar-refractivity contribution in [1.29, 1.82) is 0 Å². The van der Waals surface area contributed by atoms with Gasteiger partial charge >= 0.3 is 5.97 Å². The molecule has 1 aromatic carbocycles. The van der Waals surface area contributed by atoms with Crippen LogP contribution >= 0.6 is 0 Å². The zero-order valence-electron chi connectivity index (χ0n) is 13.1. The number of rotatable bonds is 3. The van der Waals surface area contributed by atoms with Crippen molar-refractivity contribution in [3.8, 4) is 0 Å². The van der Waals surface area contributed by atoms with Gasteiger partial charge in [-0.05, 0) is 30.5 Å². The summed E-state index contributed by atoms with van der Waals surface area (Å²) in [7, 11) is 0. The highest BCUT2D eigenvalue weighted by Gasteiger charge is 2.36. The van der Waals surface area contributed by atoms with Crippen molar-refractivity contribution in [2.75, 3.05) is 19.7 Å². The van der Waals surface area contributed by atoms with Gasteiger partial charge in [0.2, 0.25) is 0 Å². The molecule has 1 heterocycles. The van der Waals surface area contributed by atoms with Crippen LogP contribution in [-0.4, -0.2) is 41.3 Å². The zero-order valence-corrected chi connectivity index (χ0v) is 13.1. The van der Waals surface area contributed by atoms with Crippen LogP contribution < -0.4 is 0 Å². The number of nitrogens with zero attached hydrogens (tertiary/aromatic N) is 1. The SMILES string of the molecule is O=C(O)c1ccc(CN2CCOC3(CCCCCC3)C2)cc1. The maximum Gasteiger partial charge on any atom is 0.335 e. The van der Waals surface area contributed by atoms with Crippen LogP contribution in [0, 0.1) is 0 Å². The quantitative estimate of drug-likeness (QED) is 0.930. The van der Waals surface area contributed by atoms with E-state index in [1.54, 1.807) is 12.1 Å². The molecule has 0 atom stereocenters. The molecule has 0 aromatic heterocycles. The monoisotopic (exact) mass is 303 g/mol. The first-order valence-electron chi connectivity index (χ1n) is 8.35. The summed E-state index contributed by atoms with van der Waals surface area (Å²) in [4.78, 5) is 13.4. The van der Waals surface area contributed by atoms with Crippen molar-refractivity contribution in [3.05, 3.63) is 35.4 Å². The van der Waals surface area contributed by atoms with Gasteiger partial charge in [-0.25, -0.2) is 4.79 Å². The van der Waals surface area contributed by atoms with Crippen molar-refractivity contribution < 1.29 is 14.6 Å². The number of carbonyl (C=O) groups is 1. The van der Waals surface area contributed by atoms with E-state index < -0.39 is 5.97 Å². The summed E-state index contributed by atoms with van der Waals surface area (Å²) in [6.45, 7) is 3.66. The van der Waals surface area contributed by atoms with E-state index in [9.17, 15) is 4.79 Å². The lowest BCUT2D eigenvalue weighted by Gasteiger charge is -2.42. The highest BCUT2D eigenvalue weighted by atomic mass is 16.5. The lowest BCUT2D eigenvalue weighted by Crippen LogP contribution is -2.51. The molecule has 2 fully saturated rings. The Labute approximate surface area is 132 Å². The van der Waals surface area contributed by atoms with Gasteiger partial charge in [0.25, 0.3) is 0 Å². The third-order valence-electron chi connectivity index (χ3n) is 4.95. The molecule has 1 saturated heterocycles. The van der Waals surface area contributed by atoms with E-state index in [1.165, 1.54) is 44.1 Å². The molecule has 1 aliphatic carbocycles. The van der Waals surface area contributed by atoms with E-state index in [2.05, 4.69) is 4.90 Å². The first-order chi connectivity index (χ1) is 10.7. The van der Waals surface area contributed by atoms with Crippen molar-refractivity contribution in [3.63, 3.8) is 0 Å². The van der Waals surface area contributed by atoms with Gasteiger partial charge in [-0.15, -0.1) is 0 Å². The van der Waals surface area contributed by atoms with Crippen LogP contribution in [0.25, 0.3) is 0 Å².